The first-order chi connectivity index (χ1) is 4.62. The summed E-state index contributed by atoms with van der Waals surface area (Å²) < 4.78 is 5.77. The molecule has 0 amide bonds. The third-order valence-electron chi connectivity index (χ3n) is 1.50. The number of hydrogen-bond acceptors (Lipinski definition) is 4. The molecule has 2 aliphatic heterocycles. The Morgan fingerprint density at radius 2 is 2.00 bits per heavy atom. The van der Waals surface area contributed by atoms with Crippen LogP contribution in [0, 0.1) is 0 Å². The molecule has 0 aromatic rings. The largest absolute Gasteiger partial charge is 0.357 e. The minimum absolute atomic E-state index is 0.164. The molecular weight excluding hydrogens is 184 g/mol. The molecule has 2 fully saturated rings. The number of hydrogen-bond donors (Lipinski definition) is 0. The van der Waals surface area contributed by atoms with Gasteiger partial charge in [-0.05, 0) is 13.8 Å². The second kappa shape index (κ2) is 2.25. The van der Waals surface area contributed by atoms with Crippen molar-refractivity contribution in [2.24, 2.45) is 0 Å². The van der Waals surface area contributed by atoms with Gasteiger partial charge < -0.3 is 4.74 Å². The van der Waals surface area contributed by atoms with Crippen LogP contribution in [0.25, 0.3) is 0 Å². The van der Waals surface area contributed by atoms with E-state index in [1.807, 2.05) is 33.3 Å². The van der Waals surface area contributed by atoms with Crippen molar-refractivity contribution >= 4 is 33.3 Å². The molecule has 58 valence electrons. The van der Waals surface area contributed by atoms with E-state index in [9.17, 15) is 0 Å². The average molecular weight is 194 g/mol. The van der Waals surface area contributed by atoms with Gasteiger partial charge in [-0.3, -0.25) is 0 Å². The maximum absolute atomic E-state index is 5.25. The minimum Gasteiger partial charge on any atom is -0.357 e. The molecule has 2 rings (SSSR count). The minimum atomic E-state index is 0.164. The molecule has 0 aromatic heterocycles. The van der Waals surface area contributed by atoms with Crippen LogP contribution in [0.4, 0.5) is 0 Å². The molecule has 0 saturated carbocycles. The van der Waals surface area contributed by atoms with E-state index in [-0.39, 0.29) is 4.93 Å². The lowest BCUT2D eigenvalue weighted by atomic mass is 10.6. The molecular formula is C6H10OS3. The summed E-state index contributed by atoms with van der Waals surface area (Å²) >= 11 is 2.03. The maximum atomic E-state index is 5.25. The molecule has 0 radical (unpaired) electrons. The Kier molecular flexibility index (Phi) is 1.72. The van der Waals surface area contributed by atoms with Crippen LogP contribution in [-0.4, -0.2) is 21.4 Å². The fraction of sp³-hybridized carbons (Fsp3) is 1.00. The Morgan fingerprint density at radius 3 is 2.40 bits per heavy atom. The smallest absolute Gasteiger partial charge is 0.144 e. The van der Waals surface area contributed by atoms with Crippen molar-refractivity contribution in [3.8, 4) is 0 Å². The zero-order valence-corrected chi connectivity index (χ0v) is 8.50. The lowest BCUT2D eigenvalue weighted by Gasteiger charge is -2.06. The highest BCUT2D eigenvalue weighted by Gasteiger charge is 2.47. The summed E-state index contributed by atoms with van der Waals surface area (Å²) in [7, 11) is 3.86. The lowest BCUT2D eigenvalue weighted by Crippen LogP contribution is -1.97. The molecule has 2 heterocycles. The van der Waals surface area contributed by atoms with Crippen LogP contribution in [0.5, 0.6) is 0 Å². The fourth-order valence-electron chi connectivity index (χ4n) is 0.476. The van der Waals surface area contributed by atoms with E-state index in [2.05, 4.69) is 13.8 Å². The van der Waals surface area contributed by atoms with Gasteiger partial charge in [0.25, 0.3) is 0 Å². The summed E-state index contributed by atoms with van der Waals surface area (Å²) in [5.41, 5.74) is 0. The highest BCUT2D eigenvalue weighted by atomic mass is 33.1. The summed E-state index contributed by atoms with van der Waals surface area (Å²) in [5, 5.41) is 0. The van der Waals surface area contributed by atoms with E-state index in [0.717, 1.165) is 6.61 Å². The molecule has 1 nitrogen and oxygen atoms in total. The quantitative estimate of drug-likeness (QED) is 0.505. The van der Waals surface area contributed by atoms with Crippen LogP contribution in [0.1, 0.15) is 13.8 Å². The summed E-state index contributed by atoms with van der Waals surface area (Å²) in [5.74, 6) is 1.31. The van der Waals surface area contributed by atoms with E-state index in [1.54, 1.807) is 0 Å². The molecule has 0 aromatic carbocycles. The van der Waals surface area contributed by atoms with Crippen molar-refractivity contribution in [3.05, 3.63) is 0 Å². The third kappa shape index (κ3) is 1.78. The van der Waals surface area contributed by atoms with Crippen molar-refractivity contribution in [1.82, 2.24) is 0 Å². The van der Waals surface area contributed by atoms with Crippen LogP contribution in [0.3, 0.4) is 0 Å². The topological polar surface area (TPSA) is 12.5 Å². The van der Waals surface area contributed by atoms with E-state index in [1.165, 1.54) is 5.75 Å². The highest BCUT2D eigenvalue weighted by molar-refractivity contribution is 8.80. The van der Waals surface area contributed by atoms with Gasteiger partial charge in [0.1, 0.15) is 4.93 Å². The summed E-state index contributed by atoms with van der Waals surface area (Å²) in [4.78, 5) is 0.164. The van der Waals surface area contributed by atoms with Gasteiger partial charge in [-0.15, -0.1) is 11.8 Å². The van der Waals surface area contributed by atoms with Gasteiger partial charge in [0.15, 0.2) is 0 Å². The molecule has 0 spiro atoms. The normalized spacial score (nSPS) is 51.0. The van der Waals surface area contributed by atoms with E-state index in [4.69, 9.17) is 4.74 Å². The van der Waals surface area contributed by atoms with Gasteiger partial charge in [-0.1, -0.05) is 21.6 Å². The second-order valence-electron chi connectivity index (χ2n) is 3.01. The zero-order chi connectivity index (χ0) is 7.24. The van der Waals surface area contributed by atoms with Gasteiger partial charge >= 0.3 is 0 Å². The predicted molar refractivity (Wildman–Crippen MR) is 50.4 cm³/mol. The Bertz CT molecular complexity index is 133. The number of rotatable bonds is 3. The van der Waals surface area contributed by atoms with Crippen LogP contribution in [-0.2, 0) is 4.74 Å². The Balaban J connectivity index is 1.72. The number of epoxide rings is 1. The maximum Gasteiger partial charge on any atom is 0.144 e. The van der Waals surface area contributed by atoms with Gasteiger partial charge in [0, 0.05) is 5.75 Å². The number of ether oxygens (including phenoxy) is 1. The highest BCUT2D eigenvalue weighted by Crippen LogP contribution is 2.61. The van der Waals surface area contributed by atoms with Crippen molar-refractivity contribution in [2.75, 3.05) is 12.4 Å². The van der Waals surface area contributed by atoms with Gasteiger partial charge in [0.2, 0.25) is 0 Å². The molecule has 10 heavy (non-hydrogen) atoms. The van der Waals surface area contributed by atoms with Gasteiger partial charge in [-0.2, -0.15) is 0 Å². The molecule has 2 aliphatic rings. The molecule has 4 heteroatoms. The van der Waals surface area contributed by atoms with Crippen molar-refractivity contribution in [1.29, 1.82) is 0 Å². The van der Waals surface area contributed by atoms with Crippen molar-refractivity contribution in [2.45, 2.75) is 22.9 Å². The Morgan fingerprint density at radius 1 is 1.40 bits per heavy atom. The van der Waals surface area contributed by atoms with Gasteiger partial charge in [0.05, 0.1) is 10.7 Å². The fourth-order valence-corrected chi connectivity index (χ4v) is 4.27. The molecule has 0 aliphatic carbocycles. The SMILES string of the molecule is CC1(SSC2(C)CS2)CO1. The molecule has 2 atom stereocenters. The Hall–Kier alpha value is 1.01. The van der Waals surface area contributed by atoms with Crippen LogP contribution >= 0.6 is 33.3 Å². The predicted octanol–water partition coefficient (Wildman–Crippen LogP) is 2.58. The summed E-state index contributed by atoms with van der Waals surface area (Å²) in [6.45, 7) is 5.38. The Labute approximate surface area is 73.4 Å². The van der Waals surface area contributed by atoms with Crippen LogP contribution in [0.15, 0.2) is 0 Å². The average Bonchev–Trinajstić information content (AvgIpc) is 2.72. The first kappa shape index (κ1) is 7.65. The summed E-state index contributed by atoms with van der Waals surface area (Å²) in [6.07, 6.45) is 0. The number of thioether (sulfide) groups is 1. The van der Waals surface area contributed by atoms with Crippen molar-refractivity contribution in [3.63, 3.8) is 0 Å². The van der Waals surface area contributed by atoms with E-state index < -0.39 is 0 Å². The lowest BCUT2D eigenvalue weighted by molar-refractivity contribution is 0.403. The first-order valence-electron chi connectivity index (χ1n) is 3.27. The third-order valence-corrected chi connectivity index (χ3v) is 7.31. The van der Waals surface area contributed by atoms with E-state index in [0.29, 0.717) is 4.08 Å². The monoisotopic (exact) mass is 194 g/mol. The van der Waals surface area contributed by atoms with Crippen LogP contribution < -0.4 is 0 Å². The molecule has 0 N–H and O–H groups in total. The molecule has 2 unspecified atom stereocenters. The van der Waals surface area contributed by atoms with E-state index >= 15 is 0 Å². The zero-order valence-electron chi connectivity index (χ0n) is 6.05. The second-order valence-corrected chi connectivity index (χ2v) is 7.85. The standard InChI is InChI=1S/C6H10OS3/c1-5(3-7-5)9-10-6(2)4-8-6/h3-4H2,1-2H3. The summed E-state index contributed by atoms with van der Waals surface area (Å²) in [6, 6.07) is 0. The van der Waals surface area contributed by atoms with Gasteiger partial charge in [-0.25, -0.2) is 0 Å². The molecule has 0 bridgehead atoms. The molecule has 2 saturated heterocycles. The first-order valence-corrected chi connectivity index (χ1v) is 6.40. The van der Waals surface area contributed by atoms with Crippen molar-refractivity contribution < 1.29 is 4.74 Å². The van der Waals surface area contributed by atoms with Crippen LogP contribution in [0.2, 0.25) is 0 Å².